The van der Waals surface area contributed by atoms with Gasteiger partial charge in [-0.25, -0.2) is 4.98 Å². The van der Waals surface area contributed by atoms with Crippen LogP contribution in [0.1, 0.15) is 0 Å². The fourth-order valence-electron chi connectivity index (χ4n) is 1.10. The third kappa shape index (κ3) is 3.63. The number of pyridine rings is 1. The first-order valence-electron chi connectivity index (χ1n) is 4.69. The van der Waals surface area contributed by atoms with Crippen LogP contribution in [0.4, 0.5) is 11.5 Å². The van der Waals surface area contributed by atoms with E-state index in [0.29, 0.717) is 6.54 Å². The van der Waals surface area contributed by atoms with E-state index in [9.17, 15) is 10.1 Å². The van der Waals surface area contributed by atoms with Crippen LogP contribution in [0.2, 0.25) is 5.02 Å². The zero-order valence-corrected chi connectivity index (χ0v) is 9.86. The van der Waals surface area contributed by atoms with Crippen LogP contribution in [0.3, 0.4) is 0 Å². The summed E-state index contributed by atoms with van der Waals surface area (Å²) in [6, 6.07) is 1.28. The number of likely N-dealkylation sites (N-methyl/N-ethyl adjacent to an activating group) is 1. The molecule has 16 heavy (non-hydrogen) atoms. The Morgan fingerprint density at radius 1 is 1.62 bits per heavy atom. The van der Waals surface area contributed by atoms with Crippen molar-refractivity contribution in [3.63, 3.8) is 0 Å². The van der Waals surface area contributed by atoms with E-state index in [1.807, 2.05) is 19.0 Å². The highest BCUT2D eigenvalue weighted by Gasteiger charge is 2.15. The lowest BCUT2D eigenvalue weighted by Crippen LogP contribution is -2.21. The van der Waals surface area contributed by atoms with Gasteiger partial charge in [0.1, 0.15) is 0 Å². The Kier molecular flexibility index (Phi) is 4.45. The second kappa shape index (κ2) is 5.62. The van der Waals surface area contributed by atoms with Gasteiger partial charge in [0.2, 0.25) is 5.82 Å². The third-order valence-corrected chi connectivity index (χ3v) is 2.09. The molecule has 6 nitrogen and oxygen atoms in total. The average Bonchev–Trinajstić information content (AvgIpc) is 2.19. The minimum absolute atomic E-state index is 0.105. The van der Waals surface area contributed by atoms with Gasteiger partial charge in [-0.15, -0.1) is 0 Å². The molecule has 0 aliphatic carbocycles. The zero-order valence-electron chi connectivity index (χ0n) is 9.11. The molecule has 0 saturated carbocycles. The first kappa shape index (κ1) is 12.7. The second-order valence-corrected chi connectivity index (χ2v) is 3.94. The number of halogens is 1. The number of nitrogens with zero attached hydrogens (tertiary/aromatic N) is 3. The van der Waals surface area contributed by atoms with Crippen LogP contribution in [0, 0.1) is 10.1 Å². The standard InChI is InChI=1S/C9H13ClN4O2/c1-13(2)4-3-11-9-8(14(15)16)5-7(10)6-12-9/h5-6H,3-4H2,1-2H3,(H,11,12). The van der Waals surface area contributed by atoms with Gasteiger partial charge < -0.3 is 10.2 Å². The number of hydrogen-bond donors (Lipinski definition) is 1. The highest BCUT2D eigenvalue weighted by molar-refractivity contribution is 6.30. The number of nitro groups is 1. The van der Waals surface area contributed by atoms with Crippen molar-refractivity contribution in [1.29, 1.82) is 0 Å². The van der Waals surface area contributed by atoms with Crippen molar-refractivity contribution in [2.45, 2.75) is 0 Å². The Bertz CT molecular complexity index is 384. The molecule has 0 amide bonds. The SMILES string of the molecule is CN(C)CCNc1ncc(Cl)cc1[N+](=O)[O-]. The molecule has 1 aromatic heterocycles. The average molecular weight is 245 g/mol. The van der Waals surface area contributed by atoms with Crippen molar-refractivity contribution in [1.82, 2.24) is 9.88 Å². The van der Waals surface area contributed by atoms with Gasteiger partial charge in [0.15, 0.2) is 0 Å². The first-order valence-corrected chi connectivity index (χ1v) is 5.07. The molecule has 0 radical (unpaired) electrons. The van der Waals surface area contributed by atoms with E-state index in [1.54, 1.807) is 0 Å². The molecule has 0 aromatic carbocycles. The number of rotatable bonds is 5. The Hall–Kier alpha value is -1.40. The minimum Gasteiger partial charge on any atom is -0.363 e. The smallest absolute Gasteiger partial charge is 0.312 e. The molecule has 0 aliphatic rings. The third-order valence-electron chi connectivity index (χ3n) is 1.88. The lowest BCUT2D eigenvalue weighted by Gasteiger charge is -2.10. The summed E-state index contributed by atoms with van der Waals surface area (Å²) in [5, 5.41) is 13.9. The summed E-state index contributed by atoms with van der Waals surface area (Å²) in [6.07, 6.45) is 1.38. The summed E-state index contributed by atoms with van der Waals surface area (Å²) in [7, 11) is 3.84. The molecule has 1 rings (SSSR count). The topological polar surface area (TPSA) is 71.3 Å². The van der Waals surface area contributed by atoms with E-state index >= 15 is 0 Å². The lowest BCUT2D eigenvalue weighted by atomic mass is 10.4. The molecule has 7 heteroatoms. The summed E-state index contributed by atoms with van der Waals surface area (Å²) in [4.78, 5) is 16.1. The van der Waals surface area contributed by atoms with E-state index in [4.69, 9.17) is 11.6 Å². The molecule has 0 aliphatic heterocycles. The molecular formula is C9H13ClN4O2. The van der Waals surface area contributed by atoms with Crippen molar-refractivity contribution < 1.29 is 4.92 Å². The predicted molar refractivity (Wildman–Crippen MR) is 62.9 cm³/mol. The molecule has 0 fully saturated rings. The van der Waals surface area contributed by atoms with E-state index < -0.39 is 4.92 Å². The monoisotopic (exact) mass is 244 g/mol. The summed E-state index contributed by atoms with van der Waals surface area (Å²) in [5.74, 6) is 0.247. The van der Waals surface area contributed by atoms with Crippen LogP contribution >= 0.6 is 11.6 Å². The fourth-order valence-corrected chi connectivity index (χ4v) is 1.25. The van der Waals surface area contributed by atoms with Crippen LogP contribution in [0.15, 0.2) is 12.3 Å². The molecule has 1 aromatic rings. The molecule has 0 bridgehead atoms. The molecule has 0 saturated heterocycles. The molecule has 1 N–H and O–H groups in total. The van der Waals surface area contributed by atoms with Gasteiger partial charge in [-0.2, -0.15) is 0 Å². The largest absolute Gasteiger partial charge is 0.363 e. The molecule has 0 atom stereocenters. The Balaban J connectivity index is 2.75. The highest BCUT2D eigenvalue weighted by Crippen LogP contribution is 2.24. The molecule has 1 heterocycles. The van der Waals surface area contributed by atoms with E-state index in [0.717, 1.165) is 6.54 Å². The second-order valence-electron chi connectivity index (χ2n) is 3.51. The van der Waals surface area contributed by atoms with Crippen molar-refractivity contribution in [2.75, 3.05) is 32.5 Å². The van der Waals surface area contributed by atoms with Gasteiger partial charge >= 0.3 is 5.69 Å². The molecule has 0 unspecified atom stereocenters. The maximum atomic E-state index is 10.7. The van der Waals surface area contributed by atoms with Crippen LogP contribution in [-0.4, -0.2) is 42.0 Å². The Morgan fingerprint density at radius 2 is 2.31 bits per heavy atom. The number of aromatic nitrogens is 1. The van der Waals surface area contributed by atoms with Crippen molar-refractivity contribution in [2.24, 2.45) is 0 Å². The van der Waals surface area contributed by atoms with Crippen LogP contribution in [-0.2, 0) is 0 Å². The van der Waals surface area contributed by atoms with E-state index in [-0.39, 0.29) is 16.5 Å². The summed E-state index contributed by atoms with van der Waals surface area (Å²) < 4.78 is 0. The number of hydrogen-bond acceptors (Lipinski definition) is 5. The minimum atomic E-state index is -0.503. The summed E-state index contributed by atoms with van der Waals surface area (Å²) >= 11 is 5.64. The maximum absolute atomic E-state index is 10.7. The summed E-state index contributed by atoms with van der Waals surface area (Å²) in [6.45, 7) is 1.35. The van der Waals surface area contributed by atoms with Gasteiger partial charge in [0.05, 0.1) is 9.95 Å². The fraction of sp³-hybridized carbons (Fsp3) is 0.444. The van der Waals surface area contributed by atoms with Gasteiger partial charge in [0, 0.05) is 25.4 Å². The van der Waals surface area contributed by atoms with Gasteiger partial charge in [0.25, 0.3) is 0 Å². The zero-order chi connectivity index (χ0) is 12.1. The quantitative estimate of drug-likeness (QED) is 0.630. The maximum Gasteiger partial charge on any atom is 0.312 e. The van der Waals surface area contributed by atoms with Crippen LogP contribution < -0.4 is 5.32 Å². The van der Waals surface area contributed by atoms with Crippen molar-refractivity contribution in [3.8, 4) is 0 Å². The normalized spacial score (nSPS) is 10.5. The predicted octanol–water partition coefficient (Wildman–Crippen LogP) is 1.62. The number of anilines is 1. The Morgan fingerprint density at radius 3 is 2.88 bits per heavy atom. The molecule has 0 spiro atoms. The summed E-state index contributed by atoms with van der Waals surface area (Å²) in [5.41, 5.74) is -0.105. The van der Waals surface area contributed by atoms with Gasteiger partial charge in [-0.1, -0.05) is 11.6 Å². The number of nitrogens with one attached hydrogen (secondary N) is 1. The van der Waals surface area contributed by atoms with Crippen LogP contribution in [0.5, 0.6) is 0 Å². The van der Waals surface area contributed by atoms with Crippen molar-refractivity contribution in [3.05, 3.63) is 27.4 Å². The first-order chi connectivity index (χ1) is 7.50. The molecule has 88 valence electrons. The van der Waals surface area contributed by atoms with E-state index in [2.05, 4.69) is 10.3 Å². The van der Waals surface area contributed by atoms with Gasteiger partial charge in [-0.05, 0) is 14.1 Å². The van der Waals surface area contributed by atoms with Gasteiger partial charge in [-0.3, -0.25) is 10.1 Å². The van der Waals surface area contributed by atoms with Crippen molar-refractivity contribution >= 4 is 23.1 Å². The van der Waals surface area contributed by atoms with Crippen LogP contribution in [0.25, 0.3) is 0 Å². The highest BCUT2D eigenvalue weighted by atomic mass is 35.5. The Labute approximate surface area is 98.4 Å². The lowest BCUT2D eigenvalue weighted by molar-refractivity contribution is -0.384. The van der Waals surface area contributed by atoms with E-state index in [1.165, 1.54) is 12.3 Å². The molecular weight excluding hydrogens is 232 g/mol.